The van der Waals surface area contributed by atoms with Gasteiger partial charge in [0.15, 0.2) is 5.03 Å². The first-order valence-corrected chi connectivity index (χ1v) is 7.89. The molecule has 2 rings (SSSR count). The summed E-state index contributed by atoms with van der Waals surface area (Å²) >= 11 is 0. The minimum absolute atomic E-state index is 0.188. The summed E-state index contributed by atoms with van der Waals surface area (Å²) in [6.07, 6.45) is 3.30. The molecule has 7 heteroatoms. The molecule has 0 radical (unpaired) electrons. The summed E-state index contributed by atoms with van der Waals surface area (Å²) in [6, 6.07) is 4.83. The maximum Gasteiger partial charge on any atom is 0.258 e. The van der Waals surface area contributed by atoms with Crippen molar-refractivity contribution in [2.24, 2.45) is 0 Å². The van der Waals surface area contributed by atoms with E-state index in [-0.39, 0.29) is 11.1 Å². The Labute approximate surface area is 118 Å². The van der Waals surface area contributed by atoms with Crippen molar-refractivity contribution in [2.75, 3.05) is 0 Å². The van der Waals surface area contributed by atoms with Gasteiger partial charge >= 0.3 is 0 Å². The normalized spacial score (nSPS) is 13.3. The molecule has 2 aromatic rings. The maximum atomic E-state index is 12.4. The van der Waals surface area contributed by atoms with Crippen LogP contribution < -0.4 is 4.72 Å². The lowest BCUT2D eigenvalue weighted by Crippen LogP contribution is -2.29. The first-order valence-electron chi connectivity index (χ1n) is 6.40. The van der Waals surface area contributed by atoms with Crippen molar-refractivity contribution in [1.82, 2.24) is 19.5 Å². The lowest BCUT2D eigenvalue weighted by atomic mass is 10.2. The molecule has 0 amide bonds. The van der Waals surface area contributed by atoms with E-state index in [2.05, 4.69) is 14.8 Å². The molecule has 0 saturated carbocycles. The van der Waals surface area contributed by atoms with Gasteiger partial charge in [-0.25, -0.2) is 13.1 Å². The Balaban J connectivity index is 2.27. The molecule has 2 aromatic heterocycles. The van der Waals surface area contributed by atoms with E-state index < -0.39 is 10.0 Å². The first-order chi connectivity index (χ1) is 9.44. The van der Waals surface area contributed by atoms with Gasteiger partial charge in [-0.05, 0) is 38.5 Å². The minimum Gasteiger partial charge on any atom is -0.264 e. The van der Waals surface area contributed by atoms with E-state index >= 15 is 0 Å². The summed E-state index contributed by atoms with van der Waals surface area (Å²) in [5, 5.41) is 4.35. The molecule has 0 bridgehead atoms. The van der Waals surface area contributed by atoms with Crippen molar-refractivity contribution in [3.8, 4) is 0 Å². The summed E-state index contributed by atoms with van der Waals surface area (Å²) in [4.78, 5) is 3.99. The van der Waals surface area contributed by atoms with Gasteiger partial charge in [0.1, 0.15) is 0 Å². The quantitative estimate of drug-likeness (QED) is 0.909. The molecule has 20 heavy (non-hydrogen) atoms. The van der Waals surface area contributed by atoms with Gasteiger partial charge in [0.25, 0.3) is 10.0 Å². The van der Waals surface area contributed by atoms with Gasteiger partial charge in [-0.1, -0.05) is 6.07 Å². The van der Waals surface area contributed by atoms with Crippen molar-refractivity contribution < 1.29 is 8.42 Å². The molecule has 0 aliphatic heterocycles. The molecule has 6 nitrogen and oxygen atoms in total. The molecule has 2 heterocycles. The third-order valence-electron chi connectivity index (χ3n) is 2.96. The Bertz CT molecular complexity index is 680. The van der Waals surface area contributed by atoms with Crippen LogP contribution in [0.15, 0.2) is 35.6 Å². The van der Waals surface area contributed by atoms with E-state index in [1.165, 1.54) is 4.68 Å². The lowest BCUT2D eigenvalue weighted by molar-refractivity contribution is 0.533. The van der Waals surface area contributed by atoms with E-state index in [0.717, 1.165) is 5.56 Å². The van der Waals surface area contributed by atoms with Crippen molar-refractivity contribution in [1.29, 1.82) is 0 Å². The number of hydrogen-bond acceptors (Lipinski definition) is 4. The van der Waals surface area contributed by atoms with Crippen LogP contribution in [0.4, 0.5) is 0 Å². The number of rotatable bonds is 5. The van der Waals surface area contributed by atoms with Crippen molar-refractivity contribution in [2.45, 2.75) is 38.4 Å². The Morgan fingerprint density at radius 1 is 1.45 bits per heavy atom. The summed E-state index contributed by atoms with van der Waals surface area (Å²) in [7, 11) is -3.61. The zero-order valence-corrected chi connectivity index (χ0v) is 12.6. The highest BCUT2D eigenvalue weighted by molar-refractivity contribution is 7.89. The van der Waals surface area contributed by atoms with Crippen LogP contribution >= 0.6 is 0 Å². The number of hydrogen-bond donors (Lipinski definition) is 1. The van der Waals surface area contributed by atoms with Gasteiger partial charge in [0.2, 0.25) is 0 Å². The summed E-state index contributed by atoms with van der Waals surface area (Å²) in [6.45, 7) is 5.92. The molecule has 0 aliphatic carbocycles. The van der Waals surface area contributed by atoms with Gasteiger partial charge < -0.3 is 0 Å². The largest absolute Gasteiger partial charge is 0.264 e. The highest BCUT2D eigenvalue weighted by Gasteiger charge is 2.23. The Kier molecular flexibility index (Phi) is 4.20. The average Bonchev–Trinajstić information content (AvgIpc) is 2.81. The molecule has 1 N–H and O–H groups in total. The SMILES string of the molecule is CCn1nc(C)cc1S(=O)(=O)NC(C)c1cccnc1. The fraction of sp³-hybridized carbons (Fsp3) is 0.385. The van der Waals surface area contributed by atoms with Crippen LogP contribution in [-0.4, -0.2) is 23.2 Å². The molecule has 0 saturated heterocycles. The third-order valence-corrected chi connectivity index (χ3v) is 4.50. The van der Waals surface area contributed by atoms with Gasteiger partial charge in [-0.2, -0.15) is 5.10 Å². The second kappa shape index (κ2) is 5.72. The third kappa shape index (κ3) is 3.05. The number of aryl methyl sites for hydroxylation is 2. The van der Waals surface area contributed by atoms with Gasteiger partial charge in [0, 0.05) is 25.0 Å². The van der Waals surface area contributed by atoms with E-state index in [0.29, 0.717) is 12.2 Å². The van der Waals surface area contributed by atoms with Gasteiger partial charge in [-0.15, -0.1) is 0 Å². The van der Waals surface area contributed by atoms with Crippen LogP contribution in [0, 0.1) is 6.92 Å². The van der Waals surface area contributed by atoms with Crippen LogP contribution in [0.25, 0.3) is 0 Å². The van der Waals surface area contributed by atoms with Crippen LogP contribution in [0.1, 0.15) is 31.1 Å². The topological polar surface area (TPSA) is 76.9 Å². The highest BCUT2D eigenvalue weighted by Crippen LogP contribution is 2.17. The van der Waals surface area contributed by atoms with Crippen LogP contribution in [-0.2, 0) is 16.6 Å². The Morgan fingerprint density at radius 2 is 2.20 bits per heavy atom. The van der Waals surface area contributed by atoms with E-state index in [4.69, 9.17) is 0 Å². The number of pyridine rings is 1. The highest BCUT2D eigenvalue weighted by atomic mass is 32.2. The monoisotopic (exact) mass is 294 g/mol. The predicted octanol–water partition coefficient (Wildman–Crippen LogP) is 1.65. The van der Waals surface area contributed by atoms with Crippen LogP contribution in [0.5, 0.6) is 0 Å². The molecule has 0 aliphatic rings. The van der Waals surface area contributed by atoms with E-state index in [9.17, 15) is 8.42 Å². The molecule has 1 atom stereocenters. The zero-order chi connectivity index (χ0) is 14.8. The number of aromatic nitrogens is 3. The second-order valence-corrected chi connectivity index (χ2v) is 6.23. The summed E-state index contributed by atoms with van der Waals surface area (Å²) in [5.74, 6) is 0. The number of nitrogens with zero attached hydrogens (tertiary/aromatic N) is 3. The van der Waals surface area contributed by atoms with Crippen molar-refractivity contribution in [3.05, 3.63) is 41.9 Å². The fourth-order valence-electron chi connectivity index (χ4n) is 1.96. The first kappa shape index (κ1) is 14.7. The molecular weight excluding hydrogens is 276 g/mol. The molecule has 0 spiro atoms. The molecule has 0 aromatic carbocycles. The van der Waals surface area contributed by atoms with E-state index in [1.807, 2.05) is 13.0 Å². The minimum atomic E-state index is -3.61. The van der Waals surface area contributed by atoms with Crippen LogP contribution in [0.2, 0.25) is 0 Å². The lowest BCUT2D eigenvalue weighted by Gasteiger charge is -2.14. The molecule has 1 unspecified atom stereocenters. The fourth-order valence-corrected chi connectivity index (χ4v) is 3.45. The zero-order valence-electron chi connectivity index (χ0n) is 11.7. The van der Waals surface area contributed by atoms with Crippen LogP contribution in [0.3, 0.4) is 0 Å². The smallest absolute Gasteiger partial charge is 0.258 e. The van der Waals surface area contributed by atoms with Gasteiger partial charge in [-0.3, -0.25) is 9.67 Å². The Morgan fingerprint density at radius 3 is 2.80 bits per heavy atom. The summed E-state index contributed by atoms with van der Waals surface area (Å²) in [5.41, 5.74) is 1.50. The molecule has 108 valence electrons. The van der Waals surface area contributed by atoms with Gasteiger partial charge in [0.05, 0.1) is 5.69 Å². The summed E-state index contributed by atoms with van der Waals surface area (Å²) < 4.78 is 29.0. The predicted molar refractivity (Wildman–Crippen MR) is 75.6 cm³/mol. The van der Waals surface area contributed by atoms with E-state index in [1.54, 1.807) is 38.4 Å². The Hall–Kier alpha value is -1.73. The number of sulfonamides is 1. The van der Waals surface area contributed by atoms with Crippen molar-refractivity contribution in [3.63, 3.8) is 0 Å². The second-order valence-electron chi connectivity index (χ2n) is 4.57. The molecular formula is C13H18N4O2S. The standard InChI is InChI=1S/C13H18N4O2S/c1-4-17-13(8-10(2)15-17)20(18,19)16-11(3)12-6-5-7-14-9-12/h5-9,11,16H,4H2,1-3H3. The van der Waals surface area contributed by atoms with Crippen molar-refractivity contribution >= 4 is 10.0 Å². The average molecular weight is 294 g/mol. The maximum absolute atomic E-state index is 12.4. The molecule has 0 fully saturated rings. The number of nitrogens with one attached hydrogen (secondary N) is 1.